The number of aliphatic carboxylic acids is 1. The van der Waals surface area contributed by atoms with Gasteiger partial charge in [-0.1, -0.05) is 48.0 Å². The molecule has 0 aliphatic carbocycles. The van der Waals surface area contributed by atoms with Crippen molar-refractivity contribution in [3.63, 3.8) is 0 Å². The van der Waals surface area contributed by atoms with E-state index in [1.807, 2.05) is 31.2 Å². The van der Waals surface area contributed by atoms with E-state index in [1.165, 1.54) is 42.1 Å². The second-order valence-electron chi connectivity index (χ2n) is 15.2. The number of fused-ring (bicyclic) bond motifs is 5. The number of β-amino-alcohol motifs (C(OH)–C–C–N with tert-alkyl or cyclic N) is 1. The van der Waals surface area contributed by atoms with Crippen LogP contribution in [-0.4, -0.2) is 92.3 Å². The molecular weight excluding hydrogens is 852 g/mol. The van der Waals surface area contributed by atoms with Gasteiger partial charge in [0, 0.05) is 47.7 Å². The molecule has 2 unspecified atom stereocenters. The molecule has 9 rings (SSSR count). The summed E-state index contributed by atoms with van der Waals surface area (Å²) < 4.78 is 70.1. The van der Waals surface area contributed by atoms with E-state index in [0.717, 1.165) is 33.7 Å². The number of carboxylic acids is 1. The molecule has 1 saturated heterocycles. The molecule has 6 aromatic rings. The molecule has 324 valence electrons. The number of carboxylic acid groups (broad SMARTS) is 1. The molecule has 0 saturated carbocycles. The standard InChI is InChI=1S/C44H41ClF4N6O6S/c1-24-31-7-8-32(38(24)45)27(11-15-55-16-14-50-35(56)21-55)18-25-2-9-33(60-22-30-10-13-51-43(54-30)59-17-12-44(47,48)49)28(19-25)20-34(42(57)58)61-40-37-36(31)39(62-41(37)53-23-52-40)26-3-5-29(46)6-4-26/h2-10,13,19,23,27,34-35,50,56H,11-12,14-18,20-22H2,1H3,(H,57,58)/t27?,34-,35?/m1/s1. The van der Waals surface area contributed by atoms with Crippen LogP contribution in [0.4, 0.5) is 17.6 Å². The Morgan fingerprint density at radius 3 is 2.66 bits per heavy atom. The average Bonchev–Trinajstić information content (AvgIpc) is 3.62. The number of halogens is 5. The molecule has 3 aliphatic heterocycles. The number of ether oxygens (including phenoxy) is 3. The second-order valence-corrected chi connectivity index (χ2v) is 16.6. The van der Waals surface area contributed by atoms with Gasteiger partial charge in [0.15, 0.2) is 0 Å². The summed E-state index contributed by atoms with van der Waals surface area (Å²) in [6.07, 6.45) is -3.98. The molecule has 62 heavy (non-hydrogen) atoms. The fraction of sp³-hybridized carbons (Fsp3) is 0.341. The molecule has 0 amide bonds. The predicted octanol–water partition coefficient (Wildman–Crippen LogP) is 8.15. The lowest BCUT2D eigenvalue weighted by atomic mass is 9.85. The van der Waals surface area contributed by atoms with E-state index >= 15 is 0 Å². The third-order valence-electron chi connectivity index (χ3n) is 10.9. The lowest BCUT2D eigenvalue weighted by molar-refractivity contribution is -0.145. The number of aliphatic hydroxyl groups is 1. The number of hydrogen-bond donors (Lipinski definition) is 3. The van der Waals surface area contributed by atoms with Crippen molar-refractivity contribution in [3.05, 3.63) is 112 Å². The van der Waals surface area contributed by atoms with Crippen LogP contribution in [0.3, 0.4) is 0 Å². The minimum atomic E-state index is -4.40. The minimum absolute atomic E-state index is 0.0326. The third kappa shape index (κ3) is 9.92. The van der Waals surface area contributed by atoms with Crippen molar-refractivity contribution < 1.29 is 46.8 Å². The van der Waals surface area contributed by atoms with Crippen LogP contribution < -0.4 is 19.5 Å². The Kier molecular flexibility index (Phi) is 12.9. The van der Waals surface area contributed by atoms with Crippen molar-refractivity contribution in [2.45, 2.75) is 63.6 Å². The predicted molar refractivity (Wildman–Crippen MR) is 224 cm³/mol. The Morgan fingerprint density at radius 1 is 1.06 bits per heavy atom. The Hall–Kier alpha value is -5.46. The summed E-state index contributed by atoms with van der Waals surface area (Å²) in [5.41, 5.74) is 5.51. The summed E-state index contributed by atoms with van der Waals surface area (Å²) >= 11 is 8.76. The van der Waals surface area contributed by atoms with Crippen LogP contribution in [0.5, 0.6) is 17.6 Å². The van der Waals surface area contributed by atoms with E-state index in [1.54, 1.807) is 18.2 Å². The first-order valence-electron chi connectivity index (χ1n) is 19.9. The first-order valence-corrected chi connectivity index (χ1v) is 21.1. The number of aliphatic hydroxyl groups excluding tert-OH is 1. The number of hydrogen-bond acceptors (Lipinski definition) is 12. The quantitative estimate of drug-likeness (QED) is 0.108. The number of thiophene rings is 1. The van der Waals surface area contributed by atoms with Gasteiger partial charge in [-0.2, -0.15) is 18.2 Å². The maximum absolute atomic E-state index is 14.2. The molecule has 12 nitrogen and oxygen atoms in total. The zero-order valence-corrected chi connectivity index (χ0v) is 34.9. The van der Waals surface area contributed by atoms with Crippen molar-refractivity contribution in [3.8, 4) is 39.2 Å². The van der Waals surface area contributed by atoms with Gasteiger partial charge in [0.1, 0.15) is 42.2 Å². The molecular formula is C44H41ClF4N6O6S. The van der Waals surface area contributed by atoms with Crippen molar-refractivity contribution >= 4 is 39.1 Å². The number of rotatable bonds is 11. The average molecular weight is 893 g/mol. The highest BCUT2D eigenvalue weighted by atomic mass is 35.5. The van der Waals surface area contributed by atoms with Crippen molar-refractivity contribution in [1.29, 1.82) is 0 Å². The van der Waals surface area contributed by atoms with Crippen LogP contribution >= 0.6 is 22.9 Å². The fourth-order valence-corrected chi connectivity index (χ4v) is 9.31. The van der Waals surface area contributed by atoms with E-state index in [2.05, 4.69) is 30.2 Å². The van der Waals surface area contributed by atoms with Gasteiger partial charge < -0.3 is 24.4 Å². The highest BCUT2D eigenvalue weighted by Gasteiger charge is 2.31. The summed E-state index contributed by atoms with van der Waals surface area (Å²) in [4.78, 5) is 33.7. The molecule has 3 N–H and O–H groups in total. The Morgan fingerprint density at radius 2 is 1.89 bits per heavy atom. The molecule has 0 spiro atoms. The van der Waals surface area contributed by atoms with Crippen LogP contribution in [0.25, 0.3) is 31.8 Å². The summed E-state index contributed by atoms with van der Waals surface area (Å²) in [6, 6.07) is 16.9. The summed E-state index contributed by atoms with van der Waals surface area (Å²) in [6.45, 7) is 3.70. The van der Waals surface area contributed by atoms with Gasteiger partial charge in [0.05, 0.1) is 17.5 Å². The Balaban J connectivity index is 1.22. The lowest BCUT2D eigenvalue weighted by Crippen LogP contribution is -2.50. The lowest BCUT2D eigenvalue weighted by Gasteiger charge is -2.32. The minimum Gasteiger partial charge on any atom is -0.487 e. The molecule has 1 fully saturated rings. The van der Waals surface area contributed by atoms with Crippen LogP contribution in [0.15, 0.2) is 73.2 Å². The largest absolute Gasteiger partial charge is 0.487 e. The monoisotopic (exact) mass is 892 g/mol. The van der Waals surface area contributed by atoms with Crippen molar-refractivity contribution in [2.24, 2.45) is 0 Å². The van der Waals surface area contributed by atoms with Gasteiger partial charge in [-0.3, -0.25) is 10.2 Å². The van der Waals surface area contributed by atoms with E-state index < -0.39 is 43.3 Å². The first-order chi connectivity index (χ1) is 29.8. The van der Waals surface area contributed by atoms with Crippen LogP contribution in [0.2, 0.25) is 5.02 Å². The van der Waals surface area contributed by atoms with Gasteiger partial charge in [0.2, 0.25) is 12.0 Å². The van der Waals surface area contributed by atoms with Gasteiger partial charge in [-0.25, -0.2) is 24.1 Å². The summed E-state index contributed by atoms with van der Waals surface area (Å²) in [5, 5.41) is 25.1. The van der Waals surface area contributed by atoms with E-state index in [0.29, 0.717) is 75.8 Å². The number of carbonyl (C=O) groups is 1. The molecule has 18 heteroatoms. The Labute approximate surface area is 362 Å². The number of nitrogens with zero attached hydrogens (tertiary/aromatic N) is 5. The molecule has 3 atom stereocenters. The SMILES string of the molecule is Cc1c2ccc(c1Cl)C(CCN1CCNC(O)C1)Cc1ccc(OCc3ccnc(OCCC(F)(F)F)n3)c(c1)C[C@H](C(=O)O)Oc1ncnc3sc(-c4ccc(F)cc4)c-2c13. The molecule has 0 radical (unpaired) electrons. The number of benzene rings is 3. The highest BCUT2D eigenvalue weighted by Crippen LogP contribution is 2.50. The number of aromatic nitrogens is 4. The van der Waals surface area contributed by atoms with Gasteiger partial charge >= 0.3 is 18.2 Å². The molecule has 6 heterocycles. The van der Waals surface area contributed by atoms with E-state index in [-0.39, 0.29) is 30.8 Å². The van der Waals surface area contributed by atoms with Gasteiger partial charge in [0.25, 0.3) is 0 Å². The molecule has 4 bridgehead atoms. The maximum atomic E-state index is 14.2. The molecule has 3 aromatic heterocycles. The number of nitrogens with one attached hydrogen (secondary N) is 1. The molecule has 3 aliphatic rings. The van der Waals surface area contributed by atoms with Crippen LogP contribution in [0, 0.1) is 12.7 Å². The number of alkyl halides is 3. The summed E-state index contributed by atoms with van der Waals surface area (Å²) in [7, 11) is 0. The van der Waals surface area contributed by atoms with E-state index in [9.17, 15) is 32.6 Å². The highest BCUT2D eigenvalue weighted by molar-refractivity contribution is 7.22. The molecule has 3 aromatic carbocycles. The Bertz CT molecular complexity index is 2580. The van der Waals surface area contributed by atoms with E-state index in [4.69, 9.17) is 25.8 Å². The fourth-order valence-electron chi connectivity index (χ4n) is 7.84. The smallest absolute Gasteiger partial charge is 0.392 e. The first kappa shape index (κ1) is 43.2. The van der Waals surface area contributed by atoms with Crippen LogP contribution in [-0.2, 0) is 24.2 Å². The van der Waals surface area contributed by atoms with Crippen LogP contribution in [0.1, 0.15) is 46.7 Å². The maximum Gasteiger partial charge on any atom is 0.392 e. The zero-order valence-electron chi connectivity index (χ0n) is 33.3. The summed E-state index contributed by atoms with van der Waals surface area (Å²) in [5.74, 6) is -1.42. The zero-order chi connectivity index (χ0) is 43.5. The third-order valence-corrected chi connectivity index (χ3v) is 12.6. The van der Waals surface area contributed by atoms with Crippen molar-refractivity contribution in [1.82, 2.24) is 30.2 Å². The topological polar surface area (TPSA) is 152 Å². The van der Waals surface area contributed by atoms with Crippen molar-refractivity contribution in [2.75, 3.05) is 32.8 Å². The van der Waals surface area contributed by atoms with Gasteiger partial charge in [-0.05, 0) is 89.9 Å². The second kappa shape index (κ2) is 18.5. The normalized spacial score (nSPS) is 18.2. The number of piperazine rings is 1. The van der Waals surface area contributed by atoms with Gasteiger partial charge in [-0.15, -0.1) is 11.3 Å².